The highest BCUT2D eigenvalue weighted by Gasteiger charge is 1.99. The Kier molecular flexibility index (Phi) is 1.97. The molecule has 0 amide bonds. The van der Waals surface area contributed by atoms with Gasteiger partial charge in [-0.1, -0.05) is 0 Å². The van der Waals surface area contributed by atoms with Crippen LogP contribution in [0.3, 0.4) is 0 Å². The summed E-state index contributed by atoms with van der Waals surface area (Å²) >= 11 is 8.92. The van der Waals surface area contributed by atoms with E-state index in [1.807, 2.05) is 18.4 Å². The van der Waals surface area contributed by atoms with Crippen LogP contribution >= 0.6 is 27.5 Å². The van der Waals surface area contributed by atoms with Gasteiger partial charge in [0.05, 0.1) is 9.98 Å². The molecule has 0 aromatic rings. The van der Waals surface area contributed by atoms with Crippen LogP contribution in [0, 0.1) is 0 Å². The van der Waals surface area contributed by atoms with E-state index in [1.54, 1.807) is 0 Å². The molecule has 1 heterocycles. The van der Waals surface area contributed by atoms with E-state index in [1.165, 1.54) is 0 Å². The molecule has 1 N–H and O–H groups in total. The average molecular weight is 194 g/mol. The van der Waals surface area contributed by atoms with Gasteiger partial charge < -0.3 is 5.32 Å². The molecule has 0 aromatic heterocycles. The lowest BCUT2D eigenvalue weighted by Crippen LogP contribution is -2.07. The lowest BCUT2D eigenvalue weighted by Gasteiger charge is -2.05. The molecule has 1 atom stereocenters. The molecule has 0 spiro atoms. The van der Waals surface area contributed by atoms with Gasteiger partial charge in [0, 0.05) is 0 Å². The Hall–Kier alpha value is 0.0500. The van der Waals surface area contributed by atoms with Crippen molar-refractivity contribution in [3.8, 4) is 0 Å². The summed E-state index contributed by atoms with van der Waals surface area (Å²) in [6, 6.07) is 0. The molecule has 0 saturated carbocycles. The molecule has 1 rings (SSSR count). The van der Waals surface area contributed by atoms with Crippen LogP contribution in [0.1, 0.15) is 0 Å². The number of hydrogen-bond acceptors (Lipinski definition) is 1. The highest BCUT2D eigenvalue weighted by Crippen LogP contribution is 2.11. The van der Waals surface area contributed by atoms with Crippen molar-refractivity contribution < 1.29 is 0 Å². The second kappa shape index (κ2) is 2.55. The SMILES string of the molecule is ClC1C=CNC(Br)=C1. The first-order chi connectivity index (χ1) is 3.79. The van der Waals surface area contributed by atoms with E-state index >= 15 is 0 Å². The van der Waals surface area contributed by atoms with Crippen molar-refractivity contribution in [1.29, 1.82) is 0 Å². The highest BCUT2D eigenvalue weighted by atomic mass is 79.9. The van der Waals surface area contributed by atoms with Gasteiger partial charge in [0.15, 0.2) is 0 Å². The lowest BCUT2D eigenvalue weighted by atomic mass is 10.3. The van der Waals surface area contributed by atoms with Gasteiger partial charge in [-0.05, 0) is 34.3 Å². The summed E-state index contributed by atoms with van der Waals surface area (Å²) in [5.74, 6) is 0. The summed E-state index contributed by atoms with van der Waals surface area (Å²) in [6.45, 7) is 0. The maximum Gasteiger partial charge on any atom is 0.0796 e. The van der Waals surface area contributed by atoms with Crippen molar-refractivity contribution >= 4 is 27.5 Å². The second-order valence-corrected chi connectivity index (χ2v) is 2.82. The van der Waals surface area contributed by atoms with Crippen molar-refractivity contribution in [3.05, 3.63) is 23.0 Å². The van der Waals surface area contributed by atoms with Crippen LogP contribution in [0.15, 0.2) is 23.0 Å². The van der Waals surface area contributed by atoms with Gasteiger partial charge in [-0.2, -0.15) is 0 Å². The number of allylic oxidation sites excluding steroid dienone is 2. The Morgan fingerprint density at radius 2 is 2.50 bits per heavy atom. The summed E-state index contributed by atoms with van der Waals surface area (Å²) in [7, 11) is 0. The van der Waals surface area contributed by atoms with Gasteiger partial charge in [0.25, 0.3) is 0 Å². The van der Waals surface area contributed by atoms with Crippen LogP contribution in [0.25, 0.3) is 0 Å². The fourth-order valence-corrected chi connectivity index (χ4v) is 1.23. The van der Waals surface area contributed by atoms with Gasteiger partial charge in [0.1, 0.15) is 0 Å². The van der Waals surface area contributed by atoms with Gasteiger partial charge in [-0.15, -0.1) is 11.6 Å². The second-order valence-electron chi connectivity index (χ2n) is 1.46. The molecule has 0 radical (unpaired) electrons. The minimum atomic E-state index is 0.0330. The predicted octanol–water partition coefficient (Wildman–Crippen LogP) is 1.95. The third-order valence-corrected chi connectivity index (χ3v) is 1.57. The minimum absolute atomic E-state index is 0.0330. The zero-order valence-electron chi connectivity index (χ0n) is 4.07. The standard InChI is InChI=1S/C5H5BrClN/c6-5-3-4(7)1-2-8-5/h1-4,8H. The summed E-state index contributed by atoms with van der Waals surface area (Å²) in [5.41, 5.74) is 0. The Morgan fingerprint density at radius 3 is 2.88 bits per heavy atom. The fourth-order valence-electron chi connectivity index (χ4n) is 0.463. The topological polar surface area (TPSA) is 12.0 Å². The fraction of sp³-hybridized carbons (Fsp3) is 0.200. The molecule has 0 aromatic carbocycles. The molecular weight excluding hydrogens is 189 g/mol. The third kappa shape index (κ3) is 1.53. The molecule has 3 heteroatoms. The molecule has 8 heavy (non-hydrogen) atoms. The molecule has 0 saturated heterocycles. The molecule has 44 valence electrons. The number of halogens is 2. The van der Waals surface area contributed by atoms with Crippen LogP contribution in [0.4, 0.5) is 0 Å². The third-order valence-electron chi connectivity index (χ3n) is 0.807. The summed E-state index contributed by atoms with van der Waals surface area (Å²) in [6.07, 6.45) is 5.55. The van der Waals surface area contributed by atoms with Gasteiger partial charge in [0.2, 0.25) is 0 Å². The summed E-state index contributed by atoms with van der Waals surface area (Å²) < 4.78 is 0.931. The molecule has 0 aliphatic carbocycles. The van der Waals surface area contributed by atoms with Crippen LogP contribution in [-0.4, -0.2) is 5.38 Å². The Labute approximate surface area is 61.5 Å². The van der Waals surface area contributed by atoms with E-state index in [0.29, 0.717) is 0 Å². The highest BCUT2D eigenvalue weighted by molar-refractivity contribution is 9.11. The van der Waals surface area contributed by atoms with Crippen molar-refractivity contribution in [3.63, 3.8) is 0 Å². The normalized spacial score (nSPS) is 26.8. The van der Waals surface area contributed by atoms with E-state index in [2.05, 4.69) is 21.2 Å². The summed E-state index contributed by atoms with van der Waals surface area (Å²) in [4.78, 5) is 0. The quantitative estimate of drug-likeness (QED) is 0.459. The first kappa shape index (κ1) is 6.17. The van der Waals surface area contributed by atoms with Gasteiger partial charge in [-0.25, -0.2) is 0 Å². The van der Waals surface area contributed by atoms with Crippen LogP contribution in [0.2, 0.25) is 0 Å². The molecular formula is C5H5BrClN. The molecule has 1 aliphatic rings. The Morgan fingerprint density at radius 1 is 1.75 bits per heavy atom. The number of hydrogen-bond donors (Lipinski definition) is 1. The first-order valence-electron chi connectivity index (χ1n) is 2.23. The zero-order chi connectivity index (χ0) is 5.98. The number of alkyl halides is 1. The average Bonchev–Trinajstić information content (AvgIpc) is 1.64. The van der Waals surface area contributed by atoms with Crippen molar-refractivity contribution in [2.45, 2.75) is 5.38 Å². The Balaban J connectivity index is 2.60. The first-order valence-corrected chi connectivity index (χ1v) is 3.46. The molecule has 1 aliphatic heterocycles. The lowest BCUT2D eigenvalue weighted by molar-refractivity contribution is 1.10. The van der Waals surface area contributed by atoms with Crippen molar-refractivity contribution in [2.24, 2.45) is 0 Å². The maximum absolute atomic E-state index is 5.68. The van der Waals surface area contributed by atoms with Crippen molar-refractivity contribution in [1.82, 2.24) is 5.32 Å². The molecule has 1 nitrogen and oxygen atoms in total. The van der Waals surface area contributed by atoms with Gasteiger partial charge in [-0.3, -0.25) is 0 Å². The molecule has 0 fully saturated rings. The number of rotatable bonds is 0. The molecule has 1 unspecified atom stereocenters. The minimum Gasteiger partial charge on any atom is -0.357 e. The van der Waals surface area contributed by atoms with Crippen LogP contribution in [-0.2, 0) is 0 Å². The monoisotopic (exact) mass is 193 g/mol. The van der Waals surface area contributed by atoms with Crippen LogP contribution < -0.4 is 5.32 Å². The van der Waals surface area contributed by atoms with E-state index < -0.39 is 0 Å². The van der Waals surface area contributed by atoms with E-state index in [4.69, 9.17) is 11.6 Å². The largest absolute Gasteiger partial charge is 0.357 e. The van der Waals surface area contributed by atoms with Gasteiger partial charge >= 0.3 is 0 Å². The van der Waals surface area contributed by atoms with E-state index in [-0.39, 0.29) is 5.38 Å². The zero-order valence-corrected chi connectivity index (χ0v) is 6.41. The molecule has 0 bridgehead atoms. The number of dihydropyridines is 1. The predicted molar refractivity (Wildman–Crippen MR) is 38.9 cm³/mol. The van der Waals surface area contributed by atoms with Crippen molar-refractivity contribution in [2.75, 3.05) is 0 Å². The number of nitrogens with one attached hydrogen (secondary N) is 1. The summed E-state index contributed by atoms with van der Waals surface area (Å²) in [5, 5.41) is 2.96. The smallest absolute Gasteiger partial charge is 0.0796 e. The van der Waals surface area contributed by atoms with Crippen LogP contribution in [0.5, 0.6) is 0 Å². The Bertz CT molecular complexity index is 141. The van der Waals surface area contributed by atoms with E-state index in [0.717, 1.165) is 4.61 Å². The maximum atomic E-state index is 5.68. The van der Waals surface area contributed by atoms with E-state index in [9.17, 15) is 0 Å².